The van der Waals surface area contributed by atoms with Gasteiger partial charge < -0.3 is 5.32 Å². The molecule has 5 nitrogen and oxygen atoms in total. The second-order valence-electron chi connectivity index (χ2n) is 6.27. The average Bonchev–Trinajstić information content (AvgIpc) is 2.89. The third kappa shape index (κ3) is 3.63. The monoisotopic (exact) mass is 332 g/mol. The zero-order valence-electron chi connectivity index (χ0n) is 14.1. The Kier molecular flexibility index (Phi) is 4.80. The molecule has 0 spiro atoms. The smallest absolute Gasteiger partial charge is 0.226 e. The molecule has 2 heterocycles. The molecule has 23 heavy (non-hydrogen) atoms. The molecule has 1 N–H and O–H groups in total. The summed E-state index contributed by atoms with van der Waals surface area (Å²) in [5, 5.41) is 8.14. The predicted octanol–water partition coefficient (Wildman–Crippen LogP) is 3.33. The van der Waals surface area contributed by atoms with Gasteiger partial charge >= 0.3 is 0 Å². The third-order valence-corrected chi connectivity index (χ3v) is 5.68. The molecule has 0 saturated carbocycles. The Morgan fingerprint density at radius 1 is 1.26 bits per heavy atom. The molecule has 124 valence electrons. The van der Waals surface area contributed by atoms with Crippen LogP contribution in [0.25, 0.3) is 0 Å². The van der Waals surface area contributed by atoms with Gasteiger partial charge in [-0.1, -0.05) is 6.42 Å². The van der Waals surface area contributed by atoms with Crippen molar-refractivity contribution in [2.45, 2.75) is 58.8 Å². The Morgan fingerprint density at radius 2 is 2.04 bits per heavy atom. The lowest BCUT2D eigenvalue weighted by molar-refractivity contribution is -0.116. The summed E-state index contributed by atoms with van der Waals surface area (Å²) in [4.78, 5) is 18.2. The summed E-state index contributed by atoms with van der Waals surface area (Å²) in [6, 6.07) is 0. The van der Waals surface area contributed by atoms with E-state index in [0.717, 1.165) is 35.8 Å². The van der Waals surface area contributed by atoms with Crippen LogP contribution in [0.3, 0.4) is 0 Å². The van der Waals surface area contributed by atoms with E-state index in [0.29, 0.717) is 6.42 Å². The van der Waals surface area contributed by atoms with E-state index < -0.39 is 0 Å². The molecule has 1 aliphatic rings. The molecule has 0 radical (unpaired) electrons. The highest BCUT2D eigenvalue weighted by Gasteiger charge is 2.16. The largest absolute Gasteiger partial charge is 0.302 e. The standard InChI is InChI=1S/C17H24N4OS/c1-11-13(12(2)21(3)20-11)9-10-16(22)19-17-18-14-7-5-4-6-8-15(14)23-17/h4-10H2,1-3H3,(H,18,19,22). The van der Waals surface area contributed by atoms with Crippen LogP contribution in [-0.4, -0.2) is 20.7 Å². The van der Waals surface area contributed by atoms with Gasteiger partial charge in [0.1, 0.15) is 0 Å². The molecule has 3 rings (SSSR count). The number of aromatic nitrogens is 3. The highest BCUT2D eigenvalue weighted by Crippen LogP contribution is 2.29. The van der Waals surface area contributed by atoms with Crippen LogP contribution in [0.2, 0.25) is 0 Å². The van der Waals surface area contributed by atoms with Crippen molar-refractivity contribution in [1.82, 2.24) is 14.8 Å². The van der Waals surface area contributed by atoms with Gasteiger partial charge in [0.2, 0.25) is 5.91 Å². The molecule has 0 aliphatic heterocycles. The number of aryl methyl sites for hydroxylation is 4. The zero-order valence-corrected chi connectivity index (χ0v) is 14.9. The lowest BCUT2D eigenvalue weighted by atomic mass is 10.1. The van der Waals surface area contributed by atoms with Crippen molar-refractivity contribution >= 4 is 22.4 Å². The quantitative estimate of drug-likeness (QED) is 0.874. The van der Waals surface area contributed by atoms with E-state index in [1.807, 2.05) is 25.6 Å². The van der Waals surface area contributed by atoms with Crippen molar-refractivity contribution in [3.05, 3.63) is 27.5 Å². The van der Waals surface area contributed by atoms with Crippen LogP contribution in [0.15, 0.2) is 0 Å². The molecule has 0 fully saturated rings. The summed E-state index contributed by atoms with van der Waals surface area (Å²) in [6.07, 6.45) is 7.09. The van der Waals surface area contributed by atoms with Gasteiger partial charge in [-0.25, -0.2) is 4.98 Å². The Hall–Kier alpha value is -1.69. The minimum Gasteiger partial charge on any atom is -0.302 e. The molecular formula is C17H24N4OS. The van der Waals surface area contributed by atoms with Crippen LogP contribution in [0, 0.1) is 13.8 Å². The average molecular weight is 332 g/mol. The molecule has 6 heteroatoms. The molecule has 0 bridgehead atoms. The van der Waals surface area contributed by atoms with E-state index in [1.165, 1.54) is 35.4 Å². The minimum absolute atomic E-state index is 0.0385. The molecule has 0 unspecified atom stereocenters. The Labute approximate surface area is 141 Å². The van der Waals surface area contributed by atoms with Gasteiger partial charge in [0.05, 0.1) is 11.4 Å². The maximum absolute atomic E-state index is 12.2. The van der Waals surface area contributed by atoms with Gasteiger partial charge in [0.25, 0.3) is 0 Å². The SMILES string of the molecule is Cc1nn(C)c(C)c1CCC(=O)Nc1nc2c(s1)CCCCC2. The van der Waals surface area contributed by atoms with Gasteiger partial charge in [0, 0.05) is 24.0 Å². The van der Waals surface area contributed by atoms with E-state index in [2.05, 4.69) is 15.4 Å². The number of carbonyl (C=O) groups is 1. The second kappa shape index (κ2) is 6.83. The number of hydrogen-bond acceptors (Lipinski definition) is 4. The molecular weight excluding hydrogens is 308 g/mol. The number of nitrogens with zero attached hydrogens (tertiary/aromatic N) is 3. The van der Waals surface area contributed by atoms with Crippen molar-refractivity contribution in [3.8, 4) is 0 Å². The Balaban J connectivity index is 1.59. The van der Waals surface area contributed by atoms with E-state index in [-0.39, 0.29) is 5.91 Å². The number of thiazole rings is 1. The normalized spacial score (nSPS) is 14.4. The van der Waals surface area contributed by atoms with Crippen molar-refractivity contribution in [2.75, 3.05) is 5.32 Å². The first kappa shape index (κ1) is 16.2. The summed E-state index contributed by atoms with van der Waals surface area (Å²) < 4.78 is 1.88. The van der Waals surface area contributed by atoms with Crippen LogP contribution >= 0.6 is 11.3 Å². The number of rotatable bonds is 4. The predicted molar refractivity (Wildman–Crippen MR) is 93.0 cm³/mol. The first-order valence-electron chi connectivity index (χ1n) is 8.32. The van der Waals surface area contributed by atoms with Gasteiger partial charge in [-0.15, -0.1) is 11.3 Å². The van der Waals surface area contributed by atoms with E-state index in [9.17, 15) is 4.79 Å². The summed E-state index contributed by atoms with van der Waals surface area (Å²) in [6.45, 7) is 4.04. The first-order chi connectivity index (χ1) is 11.0. The third-order valence-electron chi connectivity index (χ3n) is 4.60. The number of hydrogen-bond donors (Lipinski definition) is 1. The summed E-state index contributed by atoms with van der Waals surface area (Å²) >= 11 is 1.65. The van der Waals surface area contributed by atoms with Gasteiger partial charge in [0.15, 0.2) is 5.13 Å². The molecule has 0 aromatic carbocycles. The maximum atomic E-state index is 12.2. The van der Waals surface area contributed by atoms with E-state index in [4.69, 9.17) is 0 Å². The molecule has 2 aromatic rings. The Morgan fingerprint density at radius 3 is 2.78 bits per heavy atom. The highest BCUT2D eigenvalue weighted by atomic mass is 32.1. The lowest BCUT2D eigenvalue weighted by Gasteiger charge is -2.03. The first-order valence-corrected chi connectivity index (χ1v) is 9.13. The van der Waals surface area contributed by atoms with Crippen LogP contribution in [0.1, 0.15) is 53.2 Å². The van der Waals surface area contributed by atoms with Crippen LogP contribution in [0.5, 0.6) is 0 Å². The fraction of sp³-hybridized carbons (Fsp3) is 0.588. The fourth-order valence-corrected chi connectivity index (χ4v) is 4.25. The number of amides is 1. The lowest BCUT2D eigenvalue weighted by Crippen LogP contribution is -2.12. The number of anilines is 1. The summed E-state index contributed by atoms with van der Waals surface area (Å²) in [5.74, 6) is 0.0385. The van der Waals surface area contributed by atoms with Crippen LogP contribution in [0.4, 0.5) is 5.13 Å². The molecule has 0 atom stereocenters. The number of fused-ring (bicyclic) bond motifs is 1. The maximum Gasteiger partial charge on any atom is 0.226 e. The molecule has 1 aliphatic carbocycles. The fourth-order valence-electron chi connectivity index (χ4n) is 3.18. The second-order valence-corrected chi connectivity index (χ2v) is 7.35. The van der Waals surface area contributed by atoms with Gasteiger partial charge in [-0.2, -0.15) is 5.10 Å². The highest BCUT2D eigenvalue weighted by molar-refractivity contribution is 7.15. The number of nitrogens with one attached hydrogen (secondary N) is 1. The van der Waals surface area contributed by atoms with Gasteiger partial charge in [-0.3, -0.25) is 9.48 Å². The Bertz CT molecular complexity index is 693. The summed E-state index contributed by atoms with van der Waals surface area (Å²) in [7, 11) is 1.94. The van der Waals surface area contributed by atoms with Crippen molar-refractivity contribution in [2.24, 2.45) is 7.05 Å². The van der Waals surface area contributed by atoms with Crippen LogP contribution < -0.4 is 5.32 Å². The van der Waals surface area contributed by atoms with Crippen molar-refractivity contribution < 1.29 is 4.79 Å². The minimum atomic E-state index is 0.0385. The van der Waals surface area contributed by atoms with E-state index in [1.54, 1.807) is 11.3 Å². The topological polar surface area (TPSA) is 59.8 Å². The van der Waals surface area contributed by atoms with Gasteiger partial charge in [-0.05, 0) is 51.5 Å². The molecule has 1 amide bonds. The molecule has 2 aromatic heterocycles. The molecule has 0 saturated heterocycles. The number of carbonyl (C=O) groups excluding carboxylic acids is 1. The van der Waals surface area contributed by atoms with Crippen molar-refractivity contribution in [3.63, 3.8) is 0 Å². The zero-order chi connectivity index (χ0) is 16.4. The van der Waals surface area contributed by atoms with Crippen LogP contribution in [-0.2, 0) is 31.1 Å². The van der Waals surface area contributed by atoms with E-state index >= 15 is 0 Å². The summed E-state index contributed by atoms with van der Waals surface area (Å²) in [5.41, 5.74) is 4.52. The van der Waals surface area contributed by atoms with Crippen molar-refractivity contribution in [1.29, 1.82) is 0 Å².